The van der Waals surface area contributed by atoms with Crippen LogP contribution in [0.25, 0.3) is 20.8 Å². The first kappa shape index (κ1) is 21.2. The van der Waals surface area contributed by atoms with Gasteiger partial charge in [0, 0.05) is 57.2 Å². The van der Waals surface area contributed by atoms with Crippen molar-refractivity contribution in [2.75, 3.05) is 56.3 Å². The molecule has 33 heavy (non-hydrogen) atoms. The Bertz CT molecular complexity index is 1090. The zero-order valence-corrected chi connectivity index (χ0v) is 19.8. The Morgan fingerprint density at radius 2 is 1.82 bits per heavy atom. The third-order valence-electron chi connectivity index (χ3n) is 6.99. The third kappa shape index (κ3) is 4.42. The fraction of sp³-hybridized carbons (Fsp3) is 0.542. The largest absolute Gasteiger partial charge is 0.380 e. The normalized spacial score (nSPS) is 22.3. The highest BCUT2D eigenvalue weighted by atomic mass is 32.1. The molecule has 0 radical (unpaired) electrons. The maximum Gasteiger partial charge on any atom is 0.130 e. The monoisotopic (exact) mass is 466 g/mol. The van der Waals surface area contributed by atoms with Crippen LogP contribution in [0.3, 0.4) is 0 Å². The molecule has 3 fully saturated rings. The summed E-state index contributed by atoms with van der Waals surface area (Å²) in [7, 11) is 1.78. The van der Waals surface area contributed by atoms with Gasteiger partial charge in [0.2, 0.25) is 0 Å². The zero-order chi connectivity index (χ0) is 22.2. The number of hydrogen-bond donors (Lipinski definition) is 1. The van der Waals surface area contributed by atoms with Crippen molar-refractivity contribution in [1.29, 1.82) is 0 Å². The molecule has 0 aromatic carbocycles. The number of methoxy groups -OCH3 is 1. The van der Waals surface area contributed by atoms with Crippen molar-refractivity contribution in [2.45, 2.75) is 37.5 Å². The van der Waals surface area contributed by atoms with Gasteiger partial charge in [-0.15, -0.1) is 11.3 Å². The van der Waals surface area contributed by atoms with Crippen molar-refractivity contribution in [1.82, 2.24) is 20.3 Å². The quantitative estimate of drug-likeness (QED) is 0.594. The van der Waals surface area contributed by atoms with Crippen LogP contribution in [0, 0.1) is 0 Å². The van der Waals surface area contributed by atoms with Crippen molar-refractivity contribution in [3.8, 4) is 10.6 Å². The number of thiazole rings is 1. The molecule has 8 nitrogen and oxygen atoms in total. The molecule has 3 aliphatic heterocycles. The maximum absolute atomic E-state index is 5.48. The second-order valence-corrected chi connectivity index (χ2v) is 10.2. The zero-order valence-electron chi connectivity index (χ0n) is 18.9. The van der Waals surface area contributed by atoms with E-state index in [9.17, 15) is 0 Å². The average Bonchev–Trinajstić information content (AvgIpc) is 3.49. The van der Waals surface area contributed by atoms with Crippen molar-refractivity contribution in [3.05, 3.63) is 30.6 Å². The number of anilines is 2. The molecule has 174 valence electrons. The molecule has 9 heteroatoms. The van der Waals surface area contributed by atoms with Gasteiger partial charge in [0.25, 0.3) is 0 Å². The lowest BCUT2D eigenvalue weighted by atomic mass is 10.0. The molecule has 3 aromatic heterocycles. The summed E-state index contributed by atoms with van der Waals surface area (Å²) in [6.45, 7) is 5.67. The molecule has 1 atom stereocenters. The first-order valence-electron chi connectivity index (χ1n) is 11.8. The number of pyridine rings is 2. The minimum absolute atomic E-state index is 0.303. The second-order valence-electron chi connectivity index (χ2n) is 9.19. The van der Waals surface area contributed by atoms with E-state index in [1.165, 1.54) is 4.70 Å². The number of piperidine rings is 1. The minimum Gasteiger partial charge on any atom is -0.380 e. The Morgan fingerprint density at radius 1 is 1.00 bits per heavy atom. The Hall–Kier alpha value is -2.33. The molecule has 6 rings (SSSR count). The van der Waals surface area contributed by atoms with E-state index in [0.29, 0.717) is 18.2 Å². The number of ether oxygens (including phenoxy) is 2. The van der Waals surface area contributed by atoms with Crippen LogP contribution in [-0.2, 0) is 9.47 Å². The van der Waals surface area contributed by atoms with E-state index in [1.54, 1.807) is 18.4 Å². The van der Waals surface area contributed by atoms with Crippen molar-refractivity contribution in [3.63, 3.8) is 0 Å². The molecular formula is C24H30N6O2S. The van der Waals surface area contributed by atoms with Crippen LogP contribution in [0.2, 0.25) is 0 Å². The summed E-state index contributed by atoms with van der Waals surface area (Å²) < 4.78 is 11.9. The molecule has 0 amide bonds. The standard InChI is InChI=1S/C24H30N6O2S/c1-31-19-6-9-30(13-19)22-3-2-16(11-25-22)24-28-20-12-26-23(10-21(20)33-24)29-7-4-17(5-8-29)27-18-14-32-15-18/h2-3,10-12,17-19,27H,4-9,13-15H2,1H3. The summed E-state index contributed by atoms with van der Waals surface area (Å²) in [5, 5.41) is 4.70. The van der Waals surface area contributed by atoms with Gasteiger partial charge in [0.05, 0.1) is 36.3 Å². The predicted octanol–water partition coefficient (Wildman–Crippen LogP) is 2.94. The van der Waals surface area contributed by atoms with E-state index >= 15 is 0 Å². The molecule has 0 aliphatic carbocycles. The minimum atomic E-state index is 0.303. The van der Waals surface area contributed by atoms with Crippen molar-refractivity contribution >= 4 is 33.2 Å². The molecule has 1 N–H and O–H groups in total. The van der Waals surface area contributed by atoms with Crippen molar-refractivity contribution in [2.24, 2.45) is 0 Å². The number of nitrogens with one attached hydrogen (secondary N) is 1. The van der Waals surface area contributed by atoms with Crippen LogP contribution in [0.15, 0.2) is 30.6 Å². The molecule has 6 heterocycles. The van der Waals surface area contributed by atoms with Gasteiger partial charge in [-0.25, -0.2) is 15.0 Å². The molecule has 1 unspecified atom stereocenters. The molecule has 0 spiro atoms. The maximum atomic E-state index is 5.48. The lowest BCUT2D eigenvalue weighted by molar-refractivity contribution is -0.0111. The van der Waals surface area contributed by atoms with Crippen LogP contribution in [0.4, 0.5) is 11.6 Å². The second kappa shape index (κ2) is 9.13. The topological polar surface area (TPSA) is 75.6 Å². The molecule has 0 saturated carbocycles. The number of fused-ring (bicyclic) bond motifs is 1. The van der Waals surface area contributed by atoms with Crippen LogP contribution >= 0.6 is 11.3 Å². The van der Waals surface area contributed by atoms with Crippen molar-refractivity contribution < 1.29 is 9.47 Å². The molecular weight excluding hydrogens is 436 g/mol. The van der Waals surface area contributed by atoms with E-state index in [0.717, 1.165) is 86.4 Å². The Labute approximate surface area is 197 Å². The number of hydrogen-bond acceptors (Lipinski definition) is 9. The predicted molar refractivity (Wildman–Crippen MR) is 131 cm³/mol. The first-order valence-corrected chi connectivity index (χ1v) is 12.7. The van der Waals surface area contributed by atoms with E-state index in [-0.39, 0.29) is 0 Å². The van der Waals surface area contributed by atoms with Gasteiger partial charge in [-0.2, -0.15) is 0 Å². The fourth-order valence-electron chi connectivity index (χ4n) is 4.89. The van der Waals surface area contributed by atoms with Crippen LogP contribution < -0.4 is 15.1 Å². The fourth-order valence-corrected chi connectivity index (χ4v) is 5.84. The Balaban J connectivity index is 1.13. The molecule has 0 bridgehead atoms. The highest BCUT2D eigenvalue weighted by Crippen LogP contribution is 2.33. The van der Waals surface area contributed by atoms with Crippen LogP contribution in [0.1, 0.15) is 19.3 Å². The van der Waals surface area contributed by atoms with Gasteiger partial charge >= 0.3 is 0 Å². The summed E-state index contributed by atoms with van der Waals surface area (Å²) in [4.78, 5) is 18.9. The smallest absolute Gasteiger partial charge is 0.130 e. The summed E-state index contributed by atoms with van der Waals surface area (Å²) in [5.74, 6) is 2.06. The van der Waals surface area contributed by atoms with Gasteiger partial charge in [0.15, 0.2) is 0 Å². The number of nitrogens with zero attached hydrogens (tertiary/aromatic N) is 5. The highest BCUT2D eigenvalue weighted by molar-refractivity contribution is 7.21. The summed E-state index contributed by atoms with van der Waals surface area (Å²) in [6.07, 6.45) is 7.49. The highest BCUT2D eigenvalue weighted by Gasteiger charge is 2.26. The SMILES string of the molecule is COC1CCN(c2ccc(-c3nc4cnc(N5CCC(NC6COC6)CC5)cc4s3)cn2)C1. The number of aromatic nitrogens is 3. The average molecular weight is 467 g/mol. The van der Waals surface area contributed by atoms with E-state index < -0.39 is 0 Å². The van der Waals surface area contributed by atoms with Gasteiger partial charge in [-0.3, -0.25) is 0 Å². The van der Waals surface area contributed by atoms with Gasteiger partial charge in [-0.05, 0) is 31.4 Å². The van der Waals surface area contributed by atoms with Gasteiger partial charge in [-0.1, -0.05) is 0 Å². The van der Waals surface area contributed by atoms with Gasteiger partial charge in [0.1, 0.15) is 22.2 Å². The Morgan fingerprint density at radius 3 is 2.52 bits per heavy atom. The van der Waals surface area contributed by atoms with E-state index in [2.05, 4.69) is 33.3 Å². The lowest BCUT2D eigenvalue weighted by Gasteiger charge is -2.37. The first-order chi connectivity index (χ1) is 16.2. The third-order valence-corrected chi connectivity index (χ3v) is 8.05. The van der Waals surface area contributed by atoms with Crippen LogP contribution in [0.5, 0.6) is 0 Å². The van der Waals surface area contributed by atoms with E-state index in [4.69, 9.17) is 24.4 Å². The van der Waals surface area contributed by atoms with Gasteiger partial charge < -0.3 is 24.6 Å². The number of rotatable bonds is 6. The Kier molecular flexibility index (Phi) is 5.87. The summed E-state index contributed by atoms with van der Waals surface area (Å²) in [5.41, 5.74) is 2.00. The lowest BCUT2D eigenvalue weighted by Crippen LogP contribution is -2.53. The molecule has 3 saturated heterocycles. The van der Waals surface area contributed by atoms with Crippen LogP contribution in [-0.4, -0.2) is 79.6 Å². The summed E-state index contributed by atoms with van der Waals surface area (Å²) >= 11 is 1.71. The molecule has 3 aliphatic rings. The summed E-state index contributed by atoms with van der Waals surface area (Å²) in [6, 6.07) is 7.55. The molecule has 3 aromatic rings. The van der Waals surface area contributed by atoms with E-state index in [1.807, 2.05) is 12.4 Å².